The number of morpholine rings is 1. The molecule has 9 nitrogen and oxygen atoms in total. The fourth-order valence-electron chi connectivity index (χ4n) is 5.12. The maximum atomic E-state index is 13.1. The number of carbonyl (C=O) groups is 3. The first-order valence-corrected chi connectivity index (χ1v) is 13.3. The highest BCUT2D eigenvalue weighted by atomic mass is 32.2. The number of ketones is 1. The molecular weight excluding hydrogens is 460 g/mol. The number of nitrogens with zero attached hydrogens (tertiary/aromatic N) is 1. The molecule has 10 heteroatoms. The molecule has 2 saturated carbocycles. The van der Waals surface area contributed by atoms with Gasteiger partial charge in [0, 0.05) is 30.6 Å². The number of amides is 1. The predicted molar refractivity (Wildman–Crippen MR) is 124 cm³/mol. The number of anilines is 1. The number of ether oxygens (including phenoxy) is 2. The van der Waals surface area contributed by atoms with Crippen molar-refractivity contribution in [2.24, 2.45) is 17.8 Å². The summed E-state index contributed by atoms with van der Waals surface area (Å²) in [6.07, 6.45) is 2.58. The molecule has 1 heterocycles. The molecule has 0 spiro atoms. The van der Waals surface area contributed by atoms with E-state index >= 15 is 0 Å². The van der Waals surface area contributed by atoms with Crippen LogP contribution in [0.4, 0.5) is 5.69 Å². The highest BCUT2D eigenvalue weighted by Gasteiger charge is 2.42. The van der Waals surface area contributed by atoms with Gasteiger partial charge in [0.15, 0.2) is 6.10 Å². The number of hydrogen-bond acceptors (Lipinski definition) is 7. The van der Waals surface area contributed by atoms with Crippen molar-refractivity contribution in [2.45, 2.75) is 57.0 Å². The second-order valence-electron chi connectivity index (χ2n) is 9.46. The van der Waals surface area contributed by atoms with Crippen molar-refractivity contribution in [1.82, 2.24) is 4.31 Å². The Balaban J connectivity index is 1.39. The molecule has 1 aromatic carbocycles. The van der Waals surface area contributed by atoms with Crippen molar-refractivity contribution in [3.8, 4) is 0 Å². The Kier molecular flexibility index (Phi) is 7.39. The third-order valence-corrected chi connectivity index (χ3v) is 9.13. The molecule has 0 unspecified atom stereocenters. The molecular formula is C24H32N2O7S. The summed E-state index contributed by atoms with van der Waals surface area (Å²) in [5, 5.41) is 2.66. The Bertz CT molecular complexity index is 1050. The predicted octanol–water partition coefficient (Wildman–Crippen LogP) is 2.28. The van der Waals surface area contributed by atoms with E-state index in [0.29, 0.717) is 37.3 Å². The first-order chi connectivity index (χ1) is 16.2. The van der Waals surface area contributed by atoms with Gasteiger partial charge in [-0.05, 0) is 57.2 Å². The molecule has 3 atom stereocenters. The monoisotopic (exact) mass is 492 g/mol. The Morgan fingerprint density at radius 2 is 1.79 bits per heavy atom. The SMILES string of the molecule is Cc1ccc(NC(=O)[C@@H](C)OC(=O)C2C[C@@H]3CCC[C@@H](C2)C3=O)cc1S(=O)(=O)N1CCOCC1. The molecule has 4 rings (SSSR count). The number of sulfonamides is 1. The fraction of sp³-hybridized carbons (Fsp3) is 0.625. The van der Waals surface area contributed by atoms with E-state index in [1.165, 1.54) is 17.3 Å². The Hall–Kier alpha value is -2.30. The molecule has 1 amide bonds. The van der Waals surface area contributed by atoms with Gasteiger partial charge in [0.1, 0.15) is 5.78 Å². The van der Waals surface area contributed by atoms with Gasteiger partial charge >= 0.3 is 5.97 Å². The van der Waals surface area contributed by atoms with Crippen LogP contribution in [0, 0.1) is 24.7 Å². The topological polar surface area (TPSA) is 119 Å². The number of Topliss-reactive ketones (excluding diaryl/α,β-unsaturated/α-hetero) is 1. The third kappa shape index (κ3) is 5.18. The maximum absolute atomic E-state index is 13.1. The van der Waals surface area contributed by atoms with Gasteiger partial charge in [-0.1, -0.05) is 12.5 Å². The van der Waals surface area contributed by atoms with Crippen LogP contribution in [0.25, 0.3) is 0 Å². The fourth-order valence-corrected chi connectivity index (χ4v) is 6.78. The van der Waals surface area contributed by atoms with Crippen LogP contribution >= 0.6 is 0 Å². The summed E-state index contributed by atoms with van der Waals surface area (Å²) in [4.78, 5) is 37.8. The second kappa shape index (κ2) is 10.1. The van der Waals surface area contributed by atoms with Gasteiger partial charge in [-0.15, -0.1) is 0 Å². The van der Waals surface area contributed by atoms with Crippen LogP contribution in [-0.2, 0) is 33.9 Å². The molecule has 1 aliphatic heterocycles. The molecule has 34 heavy (non-hydrogen) atoms. The van der Waals surface area contributed by atoms with Gasteiger partial charge < -0.3 is 14.8 Å². The van der Waals surface area contributed by atoms with E-state index in [9.17, 15) is 22.8 Å². The van der Waals surface area contributed by atoms with Crippen LogP contribution in [0.1, 0.15) is 44.6 Å². The first-order valence-electron chi connectivity index (χ1n) is 11.9. The lowest BCUT2D eigenvalue weighted by atomic mass is 9.67. The largest absolute Gasteiger partial charge is 0.452 e. The minimum absolute atomic E-state index is 0.0754. The average Bonchev–Trinajstić information content (AvgIpc) is 2.80. The summed E-state index contributed by atoms with van der Waals surface area (Å²) in [7, 11) is -3.73. The zero-order chi connectivity index (χ0) is 24.5. The van der Waals surface area contributed by atoms with E-state index < -0.39 is 28.0 Å². The van der Waals surface area contributed by atoms with Crippen LogP contribution in [0.3, 0.4) is 0 Å². The highest BCUT2D eigenvalue weighted by Crippen LogP contribution is 2.40. The molecule has 2 bridgehead atoms. The molecule has 1 N–H and O–H groups in total. The lowest BCUT2D eigenvalue weighted by molar-refractivity contribution is -0.161. The van der Waals surface area contributed by atoms with Crippen LogP contribution in [0.15, 0.2) is 23.1 Å². The molecule has 1 aromatic rings. The summed E-state index contributed by atoms with van der Waals surface area (Å²) in [6, 6.07) is 4.69. The number of fused-ring (bicyclic) bond motifs is 2. The van der Waals surface area contributed by atoms with Gasteiger partial charge in [-0.2, -0.15) is 4.31 Å². The molecule has 3 aliphatic rings. The van der Waals surface area contributed by atoms with Crippen molar-refractivity contribution in [3.05, 3.63) is 23.8 Å². The van der Waals surface area contributed by atoms with Gasteiger partial charge in [-0.3, -0.25) is 14.4 Å². The van der Waals surface area contributed by atoms with Crippen LogP contribution in [0.2, 0.25) is 0 Å². The van der Waals surface area contributed by atoms with Gasteiger partial charge in [-0.25, -0.2) is 8.42 Å². The first kappa shape index (κ1) is 24.8. The summed E-state index contributed by atoms with van der Waals surface area (Å²) in [5.41, 5.74) is 0.879. The molecule has 2 aliphatic carbocycles. The van der Waals surface area contributed by atoms with Crippen molar-refractivity contribution >= 4 is 33.4 Å². The molecule has 186 valence electrons. The quantitative estimate of drug-likeness (QED) is 0.605. The number of rotatable bonds is 6. The number of carbonyl (C=O) groups excluding carboxylic acids is 3. The highest BCUT2D eigenvalue weighted by molar-refractivity contribution is 7.89. The average molecular weight is 493 g/mol. The Morgan fingerprint density at radius 1 is 1.15 bits per heavy atom. The van der Waals surface area contributed by atoms with Crippen LogP contribution < -0.4 is 5.32 Å². The van der Waals surface area contributed by atoms with Crippen LogP contribution in [0.5, 0.6) is 0 Å². The zero-order valence-corrected chi connectivity index (χ0v) is 20.4. The molecule has 0 radical (unpaired) electrons. The maximum Gasteiger partial charge on any atom is 0.309 e. The minimum atomic E-state index is -3.73. The standard InChI is InChI=1S/C24H32N2O7S/c1-15-6-7-20(14-21(15)34(30,31)26-8-10-32-11-9-26)25-23(28)16(2)33-24(29)19-12-17-4-3-5-18(13-19)22(17)27/h6-7,14,16-19H,3-5,8-13H2,1-2H3,(H,25,28)/t16-,17+,18+/m1/s1. The second-order valence-corrected chi connectivity index (χ2v) is 11.4. The van der Waals surface area contributed by atoms with E-state index in [2.05, 4.69) is 5.32 Å². The van der Waals surface area contributed by atoms with Crippen molar-refractivity contribution in [3.63, 3.8) is 0 Å². The lowest BCUT2D eigenvalue weighted by Crippen LogP contribution is -2.41. The van der Waals surface area contributed by atoms with E-state index in [1.54, 1.807) is 19.1 Å². The molecule has 1 saturated heterocycles. The number of benzene rings is 1. The van der Waals surface area contributed by atoms with E-state index in [1.807, 2.05) is 0 Å². The summed E-state index contributed by atoms with van der Waals surface area (Å²) < 4.78 is 38.2. The third-order valence-electron chi connectivity index (χ3n) is 7.09. The van der Waals surface area contributed by atoms with E-state index in [4.69, 9.17) is 9.47 Å². The zero-order valence-electron chi connectivity index (χ0n) is 19.6. The Morgan fingerprint density at radius 3 is 2.44 bits per heavy atom. The summed E-state index contributed by atoms with van der Waals surface area (Å²) in [5.74, 6) is -1.25. The summed E-state index contributed by atoms with van der Waals surface area (Å²) in [6.45, 7) is 4.43. The van der Waals surface area contributed by atoms with Crippen molar-refractivity contribution in [2.75, 3.05) is 31.6 Å². The van der Waals surface area contributed by atoms with Gasteiger partial charge in [0.05, 0.1) is 24.0 Å². The number of aryl methyl sites for hydroxylation is 1. The number of esters is 1. The smallest absolute Gasteiger partial charge is 0.309 e. The van der Waals surface area contributed by atoms with Gasteiger partial charge in [0.2, 0.25) is 10.0 Å². The Labute approximate surface area is 200 Å². The van der Waals surface area contributed by atoms with Crippen molar-refractivity contribution < 1.29 is 32.3 Å². The van der Waals surface area contributed by atoms with E-state index in [-0.39, 0.29) is 41.5 Å². The molecule has 3 fully saturated rings. The summed E-state index contributed by atoms with van der Waals surface area (Å²) >= 11 is 0. The minimum Gasteiger partial charge on any atom is -0.452 e. The van der Waals surface area contributed by atoms with Crippen LogP contribution in [-0.4, -0.2) is 62.8 Å². The van der Waals surface area contributed by atoms with Gasteiger partial charge in [0.25, 0.3) is 5.91 Å². The number of hydrogen-bond donors (Lipinski definition) is 1. The lowest BCUT2D eigenvalue weighted by Gasteiger charge is -2.36. The molecule has 0 aromatic heterocycles. The number of nitrogens with one attached hydrogen (secondary N) is 1. The van der Waals surface area contributed by atoms with Crippen molar-refractivity contribution in [1.29, 1.82) is 0 Å². The normalized spacial score (nSPS) is 26.5. The van der Waals surface area contributed by atoms with E-state index in [0.717, 1.165) is 19.3 Å².